The summed E-state index contributed by atoms with van der Waals surface area (Å²) in [5.41, 5.74) is 1.25. The maximum atomic E-state index is 5.43. The number of rotatable bonds is 6. The number of hydrogen-bond donors (Lipinski definition) is 1. The van der Waals surface area contributed by atoms with E-state index in [1.165, 1.54) is 5.69 Å². The van der Waals surface area contributed by atoms with E-state index in [1.54, 1.807) is 0 Å². The van der Waals surface area contributed by atoms with Crippen LogP contribution >= 0.6 is 15.9 Å². The van der Waals surface area contributed by atoms with Crippen molar-refractivity contribution in [2.75, 3.05) is 46.4 Å². The molecule has 1 atom stereocenters. The molecule has 0 amide bonds. The molecule has 1 aliphatic rings. The number of ether oxygens (including phenoxy) is 1. The van der Waals surface area contributed by atoms with Gasteiger partial charge >= 0.3 is 0 Å². The summed E-state index contributed by atoms with van der Waals surface area (Å²) in [5, 5.41) is 3.40. The molecule has 0 bridgehead atoms. The van der Waals surface area contributed by atoms with Gasteiger partial charge in [-0.25, -0.2) is 0 Å². The monoisotopic (exact) mass is 399 g/mol. The van der Waals surface area contributed by atoms with Gasteiger partial charge in [0.25, 0.3) is 0 Å². The van der Waals surface area contributed by atoms with Crippen LogP contribution in [-0.4, -0.2) is 72.8 Å². The van der Waals surface area contributed by atoms with Crippen molar-refractivity contribution in [2.24, 2.45) is 12.0 Å². The van der Waals surface area contributed by atoms with Crippen molar-refractivity contribution >= 4 is 21.9 Å². The second-order valence-corrected chi connectivity index (χ2v) is 7.22. The Kier molecular flexibility index (Phi) is 7.58. The molecule has 1 fully saturated rings. The van der Waals surface area contributed by atoms with Gasteiger partial charge in [-0.05, 0) is 35.8 Å². The molecule has 136 valence electrons. The predicted octanol–water partition coefficient (Wildman–Crippen LogP) is 1.91. The molecule has 24 heavy (non-hydrogen) atoms. The van der Waals surface area contributed by atoms with Crippen molar-refractivity contribution in [1.82, 2.24) is 19.7 Å². The Hall–Kier alpha value is -1.05. The maximum absolute atomic E-state index is 5.43. The van der Waals surface area contributed by atoms with Gasteiger partial charge in [0, 0.05) is 56.1 Å². The SMILES string of the molecule is CCNC(=NCC(C)N1CCOCC1)N(C)Cc1cc(Br)cn1C. The van der Waals surface area contributed by atoms with Crippen LogP contribution in [0.2, 0.25) is 0 Å². The number of hydrogen-bond acceptors (Lipinski definition) is 3. The molecule has 1 aromatic rings. The van der Waals surface area contributed by atoms with Gasteiger partial charge in [0.05, 0.1) is 26.3 Å². The summed E-state index contributed by atoms with van der Waals surface area (Å²) in [5.74, 6) is 0.954. The second-order valence-electron chi connectivity index (χ2n) is 6.31. The number of morpholine rings is 1. The van der Waals surface area contributed by atoms with Crippen molar-refractivity contribution < 1.29 is 4.74 Å². The average Bonchev–Trinajstić information content (AvgIpc) is 2.89. The number of nitrogens with one attached hydrogen (secondary N) is 1. The van der Waals surface area contributed by atoms with Crippen molar-refractivity contribution in [3.8, 4) is 0 Å². The van der Waals surface area contributed by atoms with Gasteiger partial charge in [-0.2, -0.15) is 0 Å². The fraction of sp³-hybridized carbons (Fsp3) is 0.706. The lowest BCUT2D eigenvalue weighted by Gasteiger charge is -2.32. The summed E-state index contributed by atoms with van der Waals surface area (Å²) in [7, 11) is 4.15. The molecule has 0 aliphatic carbocycles. The fourth-order valence-corrected chi connectivity index (χ4v) is 3.43. The first-order chi connectivity index (χ1) is 11.5. The van der Waals surface area contributed by atoms with Gasteiger partial charge in [0.2, 0.25) is 0 Å². The molecule has 0 saturated carbocycles. The molecule has 1 unspecified atom stereocenters. The van der Waals surface area contributed by atoms with Crippen molar-refractivity contribution in [3.63, 3.8) is 0 Å². The van der Waals surface area contributed by atoms with E-state index in [9.17, 15) is 0 Å². The zero-order valence-electron chi connectivity index (χ0n) is 15.3. The predicted molar refractivity (Wildman–Crippen MR) is 102 cm³/mol. The summed E-state index contributed by atoms with van der Waals surface area (Å²) in [6, 6.07) is 2.58. The zero-order chi connectivity index (χ0) is 17.5. The van der Waals surface area contributed by atoms with Gasteiger partial charge in [-0.3, -0.25) is 9.89 Å². The van der Waals surface area contributed by atoms with Crippen LogP contribution in [0.1, 0.15) is 19.5 Å². The molecule has 2 heterocycles. The number of halogens is 1. The second kappa shape index (κ2) is 9.44. The van der Waals surface area contributed by atoms with E-state index in [-0.39, 0.29) is 0 Å². The topological polar surface area (TPSA) is 45.0 Å². The highest BCUT2D eigenvalue weighted by Crippen LogP contribution is 2.15. The molecule has 6 nitrogen and oxygen atoms in total. The van der Waals surface area contributed by atoms with Crippen LogP contribution in [0.5, 0.6) is 0 Å². The Bertz CT molecular complexity index is 539. The molecule has 7 heteroatoms. The summed E-state index contributed by atoms with van der Waals surface area (Å²) >= 11 is 3.53. The molecule has 1 saturated heterocycles. The fourth-order valence-electron chi connectivity index (χ4n) is 2.86. The van der Waals surface area contributed by atoms with Crippen LogP contribution in [0, 0.1) is 0 Å². The average molecular weight is 400 g/mol. The number of aromatic nitrogens is 1. The van der Waals surface area contributed by atoms with E-state index in [1.807, 2.05) is 0 Å². The van der Waals surface area contributed by atoms with Crippen LogP contribution in [0.3, 0.4) is 0 Å². The van der Waals surface area contributed by atoms with Crippen molar-refractivity contribution in [1.29, 1.82) is 0 Å². The largest absolute Gasteiger partial charge is 0.379 e. The Morgan fingerprint density at radius 2 is 2.17 bits per heavy atom. The van der Waals surface area contributed by atoms with Crippen LogP contribution in [-0.2, 0) is 18.3 Å². The van der Waals surface area contributed by atoms with Gasteiger partial charge < -0.3 is 19.5 Å². The third kappa shape index (κ3) is 5.50. The van der Waals surface area contributed by atoms with Crippen molar-refractivity contribution in [2.45, 2.75) is 26.4 Å². The Morgan fingerprint density at radius 3 is 2.75 bits per heavy atom. The molecule has 1 aliphatic heterocycles. The van der Waals surface area contributed by atoms with Gasteiger partial charge in [0.1, 0.15) is 0 Å². The molecular formula is C17H30BrN5O. The van der Waals surface area contributed by atoms with Crippen LogP contribution < -0.4 is 5.32 Å². The van der Waals surface area contributed by atoms with E-state index in [4.69, 9.17) is 9.73 Å². The van der Waals surface area contributed by atoms with E-state index < -0.39 is 0 Å². The van der Waals surface area contributed by atoms with Gasteiger partial charge in [0.15, 0.2) is 5.96 Å². The Morgan fingerprint density at radius 1 is 1.46 bits per heavy atom. The smallest absolute Gasteiger partial charge is 0.194 e. The quantitative estimate of drug-likeness (QED) is 0.586. The van der Waals surface area contributed by atoms with Crippen LogP contribution in [0.25, 0.3) is 0 Å². The van der Waals surface area contributed by atoms with Crippen LogP contribution in [0.4, 0.5) is 0 Å². The third-order valence-corrected chi connectivity index (χ3v) is 4.78. The Balaban J connectivity index is 1.97. The third-order valence-electron chi connectivity index (χ3n) is 4.34. The highest BCUT2D eigenvalue weighted by molar-refractivity contribution is 9.10. The zero-order valence-corrected chi connectivity index (χ0v) is 16.8. The lowest BCUT2D eigenvalue weighted by atomic mass is 10.2. The van der Waals surface area contributed by atoms with E-state index in [0.717, 1.165) is 56.4 Å². The van der Waals surface area contributed by atoms with E-state index >= 15 is 0 Å². The molecule has 0 aromatic carbocycles. The molecule has 0 spiro atoms. The first-order valence-corrected chi connectivity index (χ1v) is 9.42. The molecule has 2 rings (SSSR count). The lowest BCUT2D eigenvalue weighted by molar-refractivity contribution is 0.0220. The first kappa shape index (κ1) is 19.3. The highest BCUT2D eigenvalue weighted by Gasteiger charge is 2.17. The highest BCUT2D eigenvalue weighted by atomic mass is 79.9. The van der Waals surface area contributed by atoms with E-state index in [2.05, 4.69) is 75.8 Å². The first-order valence-electron chi connectivity index (χ1n) is 8.63. The summed E-state index contributed by atoms with van der Waals surface area (Å²) in [6.45, 7) is 10.5. The normalized spacial score (nSPS) is 17.8. The van der Waals surface area contributed by atoms with Gasteiger partial charge in [-0.15, -0.1) is 0 Å². The van der Waals surface area contributed by atoms with Gasteiger partial charge in [-0.1, -0.05) is 0 Å². The lowest BCUT2D eigenvalue weighted by Crippen LogP contribution is -2.44. The number of aliphatic imine (C=N–C) groups is 1. The number of guanidine groups is 1. The number of nitrogens with zero attached hydrogens (tertiary/aromatic N) is 4. The maximum Gasteiger partial charge on any atom is 0.194 e. The molecular weight excluding hydrogens is 370 g/mol. The van der Waals surface area contributed by atoms with E-state index in [0.29, 0.717) is 6.04 Å². The van der Waals surface area contributed by atoms with Crippen LogP contribution in [0.15, 0.2) is 21.7 Å². The molecule has 1 N–H and O–H groups in total. The Labute approximate surface area is 154 Å². The standard InChI is InChI=1S/C17H30BrN5O/c1-5-19-17(20-11-14(2)23-6-8-24-9-7-23)22(4)13-16-10-15(18)12-21(16)3/h10,12,14H,5-9,11,13H2,1-4H3,(H,19,20). The van der Waals surface area contributed by atoms with Crippen molar-refractivity contribution in [3.05, 3.63) is 22.4 Å². The summed E-state index contributed by atoms with van der Waals surface area (Å²) < 4.78 is 8.67. The number of aryl methyl sites for hydroxylation is 1. The summed E-state index contributed by atoms with van der Waals surface area (Å²) in [4.78, 5) is 9.48. The minimum absolute atomic E-state index is 0.431. The minimum Gasteiger partial charge on any atom is -0.379 e. The molecule has 1 aromatic heterocycles. The summed E-state index contributed by atoms with van der Waals surface area (Å²) in [6.07, 6.45) is 2.08. The molecule has 0 radical (unpaired) electrons. The minimum atomic E-state index is 0.431.